The van der Waals surface area contributed by atoms with Crippen LogP contribution in [0.2, 0.25) is 0 Å². The summed E-state index contributed by atoms with van der Waals surface area (Å²) < 4.78 is 56.4. The number of ether oxygens (including phenoxy) is 1. The number of hydrogen-bond donors (Lipinski definition) is 1. The highest BCUT2D eigenvalue weighted by Crippen LogP contribution is 2.36. The zero-order valence-corrected chi connectivity index (χ0v) is 12.3. The zero-order valence-electron chi connectivity index (χ0n) is 11.5. The third-order valence-corrected chi connectivity index (χ3v) is 3.48. The van der Waals surface area contributed by atoms with Crippen molar-refractivity contribution in [3.05, 3.63) is 40.2 Å². The summed E-state index contributed by atoms with van der Waals surface area (Å²) in [4.78, 5) is 4.09. The fraction of sp³-hybridized carbons (Fsp3) is 0.231. The molecular weight excluding hydrogens is 322 g/mol. The van der Waals surface area contributed by atoms with Gasteiger partial charge < -0.3 is 4.74 Å². The monoisotopic (exact) mass is 333 g/mol. The number of aryl methyl sites for hydroxylation is 1. The van der Waals surface area contributed by atoms with Crippen molar-refractivity contribution in [2.45, 2.75) is 13.1 Å². The van der Waals surface area contributed by atoms with Crippen LogP contribution in [-0.4, -0.2) is 18.3 Å². The molecular formula is C13H11F4N3OS. The van der Waals surface area contributed by atoms with Crippen LogP contribution in [-0.2, 0) is 6.18 Å². The van der Waals surface area contributed by atoms with Gasteiger partial charge in [0.2, 0.25) is 5.13 Å². The van der Waals surface area contributed by atoms with Gasteiger partial charge in [0, 0.05) is 10.9 Å². The zero-order chi connectivity index (χ0) is 16.3. The van der Waals surface area contributed by atoms with Crippen molar-refractivity contribution < 1.29 is 22.3 Å². The first-order valence-corrected chi connectivity index (χ1v) is 6.85. The lowest BCUT2D eigenvalue weighted by Gasteiger charge is -2.12. The minimum Gasteiger partial charge on any atom is -0.493 e. The molecule has 0 saturated heterocycles. The second kappa shape index (κ2) is 6.30. The molecule has 0 amide bonds. The minimum atomic E-state index is -4.79. The van der Waals surface area contributed by atoms with E-state index in [2.05, 4.69) is 15.5 Å². The van der Waals surface area contributed by atoms with Crippen molar-refractivity contribution in [3.8, 4) is 5.75 Å². The summed E-state index contributed by atoms with van der Waals surface area (Å²) in [5.41, 5.74) is 2.11. The number of hydrazone groups is 1. The summed E-state index contributed by atoms with van der Waals surface area (Å²) >= 11 is 1.31. The summed E-state index contributed by atoms with van der Waals surface area (Å²) in [7, 11) is 1.09. The van der Waals surface area contributed by atoms with Crippen molar-refractivity contribution >= 4 is 22.7 Å². The topological polar surface area (TPSA) is 46.5 Å². The molecule has 118 valence electrons. The smallest absolute Gasteiger partial charge is 0.419 e. The molecule has 0 unspecified atom stereocenters. The highest BCUT2D eigenvalue weighted by Gasteiger charge is 2.36. The number of nitrogens with one attached hydrogen (secondary N) is 1. The van der Waals surface area contributed by atoms with E-state index in [1.165, 1.54) is 17.6 Å². The molecule has 0 aliphatic carbocycles. The van der Waals surface area contributed by atoms with Crippen molar-refractivity contribution in [3.63, 3.8) is 0 Å². The summed E-state index contributed by atoms with van der Waals surface area (Å²) in [5.74, 6) is -1.99. The molecule has 1 aromatic carbocycles. The van der Waals surface area contributed by atoms with Crippen LogP contribution >= 0.6 is 11.3 Å². The average Bonchev–Trinajstić information content (AvgIpc) is 2.83. The molecule has 0 aliphatic rings. The maximum Gasteiger partial charge on any atom is 0.419 e. The molecule has 4 nitrogen and oxygen atoms in total. The molecule has 2 aromatic rings. The summed E-state index contributed by atoms with van der Waals surface area (Å²) in [6, 6.07) is 1.73. The third-order valence-electron chi connectivity index (χ3n) is 2.62. The Kier molecular flexibility index (Phi) is 4.65. The number of anilines is 1. The van der Waals surface area contributed by atoms with Gasteiger partial charge in [0.05, 0.1) is 24.6 Å². The van der Waals surface area contributed by atoms with Gasteiger partial charge in [0.1, 0.15) is 0 Å². The van der Waals surface area contributed by atoms with Gasteiger partial charge in [-0.1, -0.05) is 0 Å². The van der Waals surface area contributed by atoms with E-state index >= 15 is 0 Å². The van der Waals surface area contributed by atoms with Gasteiger partial charge in [0.25, 0.3) is 0 Å². The lowest BCUT2D eigenvalue weighted by atomic mass is 10.1. The first-order valence-electron chi connectivity index (χ1n) is 5.98. The van der Waals surface area contributed by atoms with Crippen LogP contribution in [0.25, 0.3) is 0 Å². The summed E-state index contributed by atoms with van der Waals surface area (Å²) in [6.07, 6.45) is -3.62. The van der Waals surface area contributed by atoms with E-state index in [9.17, 15) is 17.6 Å². The quantitative estimate of drug-likeness (QED) is 0.521. The van der Waals surface area contributed by atoms with Gasteiger partial charge in [0.15, 0.2) is 11.6 Å². The number of methoxy groups -OCH3 is 1. The van der Waals surface area contributed by atoms with E-state index in [4.69, 9.17) is 4.74 Å². The highest BCUT2D eigenvalue weighted by atomic mass is 32.1. The standard InChI is InChI=1S/C13H11F4N3OS/c1-7-6-22-12(19-7)20-18-5-8-3-4-9(13(15,16)17)10(14)11(8)21-2/h3-6H,1-2H3,(H,19,20). The molecule has 0 bridgehead atoms. The Morgan fingerprint density at radius 3 is 2.64 bits per heavy atom. The van der Waals surface area contributed by atoms with E-state index in [1.54, 1.807) is 12.3 Å². The third kappa shape index (κ3) is 3.53. The molecule has 0 spiro atoms. The van der Waals surface area contributed by atoms with E-state index in [0.717, 1.165) is 18.9 Å². The van der Waals surface area contributed by atoms with Gasteiger partial charge in [-0.3, -0.25) is 5.43 Å². The van der Waals surface area contributed by atoms with Crippen LogP contribution in [0, 0.1) is 12.7 Å². The normalized spacial score (nSPS) is 11.9. The maximum absolute atomic E-state index is 13.8. The Morgan fingerprint density at radius 2 is 2.09 bits per heavy atom. The van der Waals surface area contributed by atoms with E-state index in [1.807, 2.05) is 0 Å². The Balaban J connectivity index is 2.26. The average molecular weight is 333 g/mol. The molecule has 1 N–H and O–H groups in total. The minimum absolute atomic E-state index is 0.0776. The predicted molar refractivity (Wildman–Crippen MR) is 76.0 cm³/mol. The van der Waals surface area contributed by atoms with Gasteiger partial charge in [-0.05, 0) is 19.1 Å². The SMILES string of the molecule is COc1c(C=NNc2nc(C)cs2)ccc(C(F)(F)F)c1F. The molecule has 1 aromatic heterocycles. The van der Waals surface area contributed by atoms with Crippen LogP contribution in [0.3, 0.4) is 0 Å². The number of nitrogens with zero attached hydrogens (tertiary/aromatic N) is 2. The fourth-order valence-corrected chi connectivity index (χ4v) is 2.30. The van der Waals surface area contributed by atoms with E-state index in [-0.39, 0.29) is 5.56 Å². The lowest BCUT2D eigenvalue weighted by molar-refractivity contribution is -0.140. The predicted octanol–water partition coefficient (Wildman–Crippen LogP) is 4.06. The van der Waals surface area contributed by atoms with Gasteiger partial charge in [-0.25, -0.2) is 9.37 Å². The second-order valence-corrected chi connectivity index (χ2v) is 5.07. The molecule has 0 atom stereocenters. The maximum atomic E-state index is 13.8. The molecule has 1 heterocycles. The van der Waals surface area contributed by atoms with Gasteiger partial charge >= 0.3 is 6.18 Å². The van der Waals surface area contributed by atoms with Crippen LogP contribution in [0.1, 0.15) is 16.8 Å². The van der Waals surface area contributed by atoms with E-state index < -0.39 is 23.3 Å². The number of rotatable bonds is 4. The largest absolute Gasteiger partial charge is 0.493 e. The highest BCUT2D eigenvalue weighted by molar-refractivity contribution is 7.13. The van der Waals surface area contributed by atoms with Crippen molar-refractivity contribution in [1.29, 1.82) is 0 Å². The Morgan fingerprint density at radius 1 is 1.36 bits per heavy atom. The summed E-state index contributed by atoms with van der Waals surface area (Å²) in [6.45, 7) is 1.81. The summed E-state index contributed by atoms with van der Waals surface area (Å²) in [5, 5.41) is 6.13. The Bertz CT molecular complexity index is 697. The molecule has 2 rings (SSSR count). The fourth-order valence-electron chi connectivity index (χ4n) is 1.66. The number of alkyl halides is 3. The molecule has 9 heteroatoms. The first kappa shape index (κ1) is 16.2. The number of aromatic nitrogens is 1. The Hall–Kier alpha value is -2.16. The van der Waals surface area contributed by atoms with Crippen molar-refractivity contribution in [2.75, 3.05) is 12.5 Å². The second-order valence-electron chi connectivity index (χ2n) is 4.21. The van der Waals surface area contributed by atoms with E-state index in [0.29, 0.717) is 11.2 Å². The number of halogens is 4. The molecule has 0 saturated carbocycles. The van der Waals surface area contributed by atoms with Crippen LogP contribution in [0.5, 0.6) is 5.75 Å². The number of benzene rings is 1. The van der Waals surface area contributed by atoms with Crippen molar-refractivity contribution in [2.24, 2.45) is 5.10 Å². The lowest BCUT2D eigenvalue weighted by Crippen LogP contribution is -2.10. The Labute approximate surface area is 127 Å². The molecule has 0 radical (unpaired) electrons. The van der Waals surface area contributed by atoms with Gasteiger partial charge in [-0.2, -0.15) is 18.3 Å². The number of thiazole rings is 1. The van der Waals surface area contributed by atoms with Crippen molar-refractivity contribution in [1.82, 2.24) is 4.98 Å². The van der Waals surface area contributed by atoms with Crippen LogP contribution < -0.4 is 10.2 Å². The molecule has 0 fully saturated rings. The van der Waals surface area contributed by atoms with Crippen LogP contribution in [0.15, 0.2) is 22.6 Å². The number of hydrogen-bond acceptors (Lipinski definition) is 5. The first-order chi connectivity index (χ1) is 10.3. The van der Waals surface area contributed by atoms with Gasteiger partial charge in [-0.15, -0.1) is 11.3 Å². The molecule has 0 aliphatic heterocycles. The molecule has 22 heavy (non-hydrogen) atoms. The van der Waals surface area contributed by atoms with Crippen LogP contribution in [0.4, 0.5) is 22.7 Å².